The Morgan fingerprint density at radius 1 is 1.00 bits per heavy atom. The molecule has 0 rings (SSSR count). The van der Waals surface area contributed by atoms with E-state index in [4.69, 9.17) is 11.6 Å². The van der Waals surface area contributed by atoms with Crippen LogP contribution in [-0.2, 0) is 0 Å². The Kier molecular flexibility index (Phi) is 5.98. The van der Waals surface area contributed by atoms with E-state index in [2.05, 4.69) is 33.1 Å². The molecule has 0 spiro atoms. The summed E-state index contributed by atoms with van der Waals surface area (Å²) >= 11 is 5.60. The third kappa shape index (κ3) is 6.50. The standard InChI is InChI=1S/C13H17Cl/c1-10(2)6-7-11(3)12(4)8-9-13(5)14/h6-9H,4-5H2,1-3H3/b9-8-,11-7+. The number of allylic oxidation sites excluding steroid dienone is 8. The van der Waals surface area contributed by atoms with Gasteiger partial charge in [-0.1, -0.05) is 48.6 Å². The van der Waals surface area contributed by atoms with Crippen molar-refractivity contribution in [3.05, 3.63) is 59.2 Å². The van der Waals surface area contributed by atoms with Crippen LogP contribution < -0.4 is 0 Å². The number of hydrogen-bond donors (Lipinski definition) is 0. The molecule has 0 aromatic rings. The molecule has 0 aromatic heterocycles. The molecule has 0 atom stereocenters. The Morgan fingerprint density at radius 3 is 2.00 bits per heavy atom. The van der Waals surface area contributed by atoms with E-state index in [1.165, 1.54) is 5.57 Å². The molecule has 0 fully saturated rings. The van der Waals surface area contributed by atoms with Gasteiger partial charge in [-0.3, -0.25) is 0 Å². The zero-order valence-corrected chi connectivity index (χ0v) is 9.86. The lowest BCUT2D eigenvalue weighted by Gasteiger charge is -1.98. The predicted molar refractivity (Wildman–Crippen MR) is 66.5 cm³/mol. The van der Waals surface area contributed by atoms with Crippen molar-refractivity contribution < 1.29 is 0 Å². The molecule has 0 aliphatic rings. The summed E-state index contributed by atoms with van der Waals surface area (Å²) in [4.78, 5) is 0. The highest BCUT2D eigenvalue weighted by Crippen LogP contribution is 2.11. The van der Waals surface area contributed by atoms with Crippen molar-refractivity contribution in [2.24, 2.45) is 0 Å². The maximum atomic E-state index is 5.60. The maximum absolute atomic E-state index is 5.60. The van der Waals surface area contributed by atoms with Crippen molar-refractivity contribution in [1.29, 1.82) is 0 Å². The van der Waals surface area contributed by atoms with Crippen molar-refractivity contribution in [3.8, 4) is 0 Å². The van der Waals surface area contributed by atoms with Crippen molar-refractivity contribution in [1.82, 2.24) is 0 Å². The van der Waals surface area contributed by atoms with Crippen molar-refractivity contribution in [3.63, 3.8) is 0 Å². The SMILES string of the molecule is C=C(Cl)/C=C\C(=C)/C(C)=C/C=C(C)C. The van der Waals surface area contributed by atoms with Gasteiger partial charge in [0.25, 0.3) is 0 Å². The average Bonchev–Trinajstić information content (AvgIpc) is 2.09. The maximum Gasteiger partial charge on any atom is 0.0334 e. The summed E-state index contributed by atoms with van der Waals surface area (Å²) in [6.07, 6.45) is 7.70. The molecule has 76 valence electrons. The van der Waals surface area contributed by atoms with Crippen LogP contribution in [0.1, 0.15) is 20.8 Å². The Morgan fingerprint density at radius 2 is 1.57 bits per heavy atom. The van der Waals surface area contributed by atoms with Gasteiger partial charge in [-0.25, -0.2) is 0 Å². The predicted octanol–water partition coefficient (Wildman–Crippen LogP) is 4.76. The number of rotatable bonds is 4. The molecule has 0 saturated carbocycles. The molecule has 14 heavy (non-hydrogen) atoms. The van der Waals surface area contributed by atoms with Gasteiger partial charge < -0.3 is 0 Å². The van der Waals surface area contributed by atoms with Crippen LogP contribution in [0.5, 0.6) is 0 Å². The summed E-state index contributed by atoms with van der Waals surface area (Å²) < 4.78 is 0. The quantitative estimate of drug-likeness (QED) is 0.585. The minimum Gasteiger partial charge on any atom is -0.0915 e. The minimum atomic E-state index is 0.515. The van der Waals surface area contributed by atoms with E-state index < -0.39 is 0 Å². The molecule has 0 unspecified atom stereocenters. The molecule has 0 amide bonds. The Balaban J connectivity index is 4.48. The molecule has 0 radical (unpaired) electrons. The average molecular weight is 209 g/mol. The van der Waals surface area contributed by atoms with Crippen LogP contribution in [0, 0.1) is 0 Å². The van der Waals surface area contributed by atoms with E-state index in [0.717, 1.165) is 11.1 Å². The van der Waals surface area contributed by atoms with Gasteiger partial charge >= 0.3 is 0 Å². The summed E-state index contributed by atoms with van der Waals surface area (Å²) in [6.45, 7) is 13.6. The first-order valence-corrected chi connectivity index (χ1v) is 4.85. The van der Waals surface area contributed by atoms with Crippen LogP contribution in [0.3, 0.4) is 0 Å². The van der Waals surface area contributed by atoms with E-state index in [1.807, 2.05) is 19.1 Å². The highest BCUT2D eigenvalue weighted by Gasteiger charge is 1.90. The fraction of sp³-hybridized carbons (Fsp3) is 0.231. The molecular formula is C13H17Cl. The second kappa shape index (κ2) is 6.44. The second-order valence-electron chi connectivity index (χ2n) is 3.40. The largest absolute Gasteiger partial charge is 0.0915 e. The molecule has 1 heteroatoms. The van der Waals surface area contributed by atoms with E-state index >= 15 is 0 Å². The van der Waals surface area contributed by atoms with Gasteiger partial charge in [0.05, 0.1) is 0 Å². The number of halogens is 1. The Labute approximate surface area is 92.0 Å². The monoisotopic (exact) mass is 208 g/mol. The van der Waals surface area contributed by atoms with Crippen LogP contribution in [0.15, 0.2) is 59.2 Å². The van der Waals surface area contributed by atoms with Gasteiger partial charge in [-0.05, 0) is 38.0 Å². The van der Waals surface area contributed by atoms with Crippen LogP contribution in [0.4, 0.5) is 0 Å². The highest BCUT2D eigenvalue weighted by molar-refractivity contribution is 6.30. The smallest absolute Gasteiger partial charge is 0.0334 e. The lowest BCUT2D eigenvalue weighted by molar-refractivity contribution is 1.37. The van der Waals surface area contributed by atoms with E-state index in [0.29, 0.717) is 5.03 Å². The first-order valence-electron chi connectivity index (χ1n) is 4.47. The lowest BCUT2D eigenvalue weighted by Crippen LogP contribution is -1.78. The fourth-order valence-electron chi connectivity index (χ4n) is 0.721. The van der Waals surface area contributed by atoms with Crippen LogP contribution in [-0.4, -0.2) is 0 Å². The first-order chi connectivity index (χ1) is 6.43. The van der Waals surface area contributed by atoms with Crippen molar-refractivity contribution >= 4 is 11.6 Å². The highest BCUT2D eigenvalue weighted by atomic mass is 35.5. The normalized spacial score (nSPS) is 11.6. The first kappa shape index (κ1) is 13.0. The van der Waals surface area contributed by atoms with Gasteiger partial charge in [-0.15, -0.1) is 0 Å². The zero-order chi connectivity index (χ0) is 11.1. The summed E-state index contributed by atoms with van der Waals surface area (Å²) in [7, 11) is 0. The topological polar surface area (TPSA) is 0 Å². The van der Waals surface area contributed by atoms with E-state index in [-0.39, 0.29) is 0 Å². The van der Waals surface area contributed by atoms with Gasteiger partial charge in [0.2, 0.25) is 0 Å². The van der Waals surface area contributed by atoms with Gasteiger partial charge in [0, 0.05) is 5.03 Å². The molecule has 0 bridgehead atoms. The van der Waals surface area contributed by atoms with Crippen LogP contribution in [0.25, 0.3) is 0 Å². The fourth-order valence-corrected chi connectivity index (χ4v) is 0.784. The molecule has 0 aromatic carbocycles. The summed E-state index contributed by atoms with van der Waals surface area (Å²) in [5.41, 5.74) is 3.34. The van der Waals surface area contributed by atoms with Gasteiger partial charge in [0.1, 0.15) is 0 Å². The lowest BCUT2D eigenvalue weighted by atomic mass is 10.1. The summed E-state index contributed by atoms with van der Waals surface area (Å²) in [5.74, 6) is 0. The van der Waals surface area contributed by atoms with Crippen molar-refractivity contribution in [2.75, 3.05) is 0 Å². The Hall–Kier alpha value is -1.01. The molecule has 0 aliphatic heterocycles. The van der Waals surface area contributed by atoms with Crippen molar-refractivity contribution in [2.45, 2.75) is 20.8 Å². The van der Waals surface area contributed by atoms with Crippen LogP contribution in [0.2, 0.25) is 0 Å². The summed E-state index contributed by atoms with van der Waals surface area (Å²) in [5, 5.41) is 0.515. The molecule has 0 aliphatic carbocycles. The zero-order valence-electron chi connectivity index (χ0n) is 9.10. The number of hydrogen-bond acceptors (Lipinski definition) is 0. The third-order valence-electron chi connectivity index (χ3n) is 1.64. The van der Waals surface area contributed by atoms with Gasteiger partial charge in [0.15, 0.2) is 0 Å². The molecule has 0 heterocycles. The van der Waals surface area contributed by atoms with Crippen LogP contribution >= 0.6 is 11.6 Å². The Bertz CT molecular complexity index is 310. The third-order valence-corrected chi connectivity index (χ3v) is 1.76. The molecule has 0 N–H and O–H groups in total. The molecule has 0 nitrogen and oxygen atoms in total. The second-order valence-corrected chi connectivity index (χ2v) is 3.88. The molecule has 0 saturated heterocycles. The minimum absolute atomic E-state index is 0.515. The van der Waals surface area contributed by atoms with E-state index in [1.54, 1.807) is 6.08 Å². The van der Waals surface area contributed by atoms with Gasteiger partial charge in [-0.2, -0.15) is 0 Å². The summed E-state index contributed by atoms with van der Waals surface area (Å²) in [6, 6.07) is 0. The van der Waals surface area contributed by atoms with E-state index in [9.17, 15) is 0 Å². The molecular weight excluding hydrogens is 192 g/mol.